The fraction of sp³-hybridized carbons (Fsp3) is 0.824. The Morgan fingerprint density at radius 1 is 0.739 bits per heavy atom. The van der Waals surface area contributed by atoms with Crippen molar-refractivity contribution in [1.29, 1.82) is 0 Å². The van der Waals surface area contributed by atoms with Crippen LogP contribution in [0.25, 0.3) is 0 Å². The molecule has 0 heterocycles. The van der Waals surface area contributed by atoms with Crippen molar-refractivity contribution in [3.63, 3.8) is 0 Å². The summed E-state index contributed by atoms with van der Waals surface area (Å²) >= 11 is 0. The van der Waals surface area contributed by atoms with Crippen LogP contribution in [0.3, 0.4) is 0 Å². The number of fused-ring (bicyclic) bond motifs is 2. The lowest BCUT2D eigenvalue weighted by atomic mass is 9.49. The van der Waals surface area contributed by atoms with Crippen LogP contribution >= 0.6 is 0 Å². The summed E-state index contributed by atoms with van der Waals surface area (Å²) in [5.74, 6) is -0.897. The number of carbonyl (C=O) groups is 3. The first-order chi connectivity index (χ1) is 10.6. The fourth-order valence-electron chi connectivity index (χ4n) is 5.14. The molecule has 0 spiro atoms. The minimum Gasteiger partial charge on any atom is -0.469 e. The highest BCUT2D eigenvalue weighted by Gasteiger charge is 2.61. The number of hydrogen-bond acceptors (Lipinski definition) is 6. The Morgan fingerprint density at radius 2 is 1.13 bits per heavy atom. The maximum absolute atomic E-state index is 12.6. The molecule has 0 aromatic rings. The summed E-state index contributed by atoms with van der Waals surface area (Å²) in [6.45, 7) is 3.67. The van der Waals surface area contributed by atoms with Gasteiger partial charge in [0, 0.05) is 0 Å². The number of hydrogen-bond donors (Lipinski definition) is 0. The fourth-order valence-corrected chi connectivity index (χ4v) is 5.14. The van der Waals surface area contributed by atoms with Crippen molar-refractivity contribution in [2.24, 2.45) is 22.2 Å². The van der Waals surface area contributed by atoms with Gasteiger partial charge < -0.3 is 14.2 Å². The third-order valence-corrected chi connectivity index (χ3v) is 5.59. The molecule has 23 heavy (non-hydrogen) atoms. The van der Waals surface area contributed by atoms with Gasteiger partial charge in [-0.25, -0.2) is 0 Å². The predicted octanol–water partition coefficient (Wildman–Crippen LogP) is 2.10. The summed E-state index contributed by atoms with van der Waals surface area (Å²) in [5, 5.41) is 0. The zero-order valence-corrected chi connectivity index (χ0v) is 14.6. The molecule has 2 bridgehead atoms. The molecule has 0 aromatic carbocycles. The molecule has 130 valence electrons. The highest BCUT2D eigenvalue weighted by Crippen LogP contribution is 2.61. The van der Waals surface area contributed by atoms with Crippen molar-refractivity contribution in [3.05, 3.63) is 0 Å². The standard InChI is InChI=1S/C17H26O6/c1-15(12(18)21-3)6-11-7-16(2,13(19)22-4)10-17(8-11,9-15)14(20)23-5/h11H,6-10H2,1-5H3. The maximum Gasteiger partial charge on any atom is 0.311 e. The first-order valence-corrected chi connectivity index (χ1v) is 7.90. The Hall–Kier alpha value is -1.59. The van der Waals surface area contributed by atoms with E-state index in [-0.39, 0.29) is 23.8 Å². The molecular weight excluding hydrogens is 300 g/mol. The van der Waals surface area contributed by atoms with E-state index in [0.717, 1.165) is 0 Å². The van der Waals surface area contributed by atoms with Gasteiger partial charge in [-0.2, -0.15) is 0 Å². The summed E-state index contributed by atoms with van der Waals surface area (Å²) in [6.07, 6.45) is 2.51. The van der Waals surface area contributed by atoms with Gasteiger partial charge in [-0.05, 0) is 51.9 Å². The van der Waals surface area contributed by atoms with Gasteiger partial charge in [0.25, 0.3) is 0 Å². The van der Waals surface area contributed by atoms with Crippen LogP contribution in [0, 0.1) is 22.2 Å². The molecule has 0 aromatic heterocycles. The molecule has 2 saturated carbocycles. The molecule has 2 aliphatic rings. The van der Waals surface area contributed by atoms with Crippen LogP contribution in [0.4, 0.5) is 0 Å². The Labute approximate surface area is 136 Å². The number of carbonyl (C=O) groups excluding carboxylic acids is 3. The van der Waals surface area contributed by atoms with Crippen molar-refractivity contribution in [2.75, 3.05) is 21.3 Å². The molecular formula is C17H26O6. The van der Waals surface area contributed by atoms with E-state index in [2.05, 4.69) is 0 Å². The zero-order chi connectivity index (χ0) is 17.5. The molecule has 0 N–H and O–H groups in total. The van der Waals surface area contributed by atoms with Gasteiger partial charge in [0.15, 0.2) is 0 Å². The zero-order valence-electron chi connectivity index (χ0n) is 14.6. The Kier molecular flexibility index (Phi) is 4.48. The molecule has 0 amide bonds. The second-order valence-electron chi connectivity index (χ2n) is 7.71. The SMILES string of the molecule is COC(=O)C1(C)CC2CC(C)(C(=O)OC)CC(C(=O)OC)(C2)C1. The summed E-state index contributed by atoms with van der Waals surface area (Å²) < 4.78 is 14.9. The van der Waals surface area contributed by atoms with Crippen molar-refractivity contribution >= 4 is 17.9 Å². The third-order valence-electron chi connectivity index (χ3n) is 5.59. The lowest BCUT2D eigenvalue weighted by Gasteiger charge is -2.54. The van der Waals surface area contributed by atoms with Crippen molar-refractivity contribution in [3.8, 4) is 0 Å². The Balaban J connectivity index is 2.44. The second kappa shape index (κ2) is 5.80. The van der Waals surface area contributed by atoms with Crippen LogP contribution < -0.4 is 0 Å². The first-order valence-electron chi connectivity index (χ1n) is 7.90. The van der Waals surface area contributed by atoms with E-state index in [1.165, 1.54) is 21.3 Å². The summed E-state index contributed by atoms with van der Waals surface area (Å²) in [4.78, 5) is 37.1. The largest absolute Gasteiger partial charge is 0.469 e. The maximum atomic E-state index is 12.6. The van der Waals surface area contributed by atoms with Gasteiger partial charge in [0.05, 0.1) is 37.6 Å². The third kappa shape index (κ3) is 2.83. The van der Waals surface area contributed by atoms with Crippen LogP contribution in [-0.2, 0) is 28.6 Å². The van der Waals surface area contributed by atoms with Gasteiger partial charge in [-0.15, -0.1) is 0 Å². The summed E-state index contributed by atoms with van der Waals surface area (Å²) in [6, 6.07) is 0. The minimum atomic E-state index is -0.845. The van der Waals surface area contributed by atoms with E-state index in [4.69, 9.17) is 14.2 Å². The molecule has 2 fully saturated rings. The van der Waals surface area contributed by atoms with E-state index in [9.17, 15) is 14.4 Å². The van der Waals surface area contributed by atoms with Crippen LogP contribution in [0.15, 0.2) is 0 Å². The minimum absolute atomic E-state index is 0.0739. The van der Waals surface area contributed by atoms with Crippen molar-refractivity contribution < 1.29 is 28.6 Å². The molecule has 2 atom stereocenters. The Bertz CT molecular complexity index is 490. The van der Waals surface area contributed by atoms with Crippen LogP contribution in [-0.4, -0.2) is 39.2 Å². The first kappa shape index (κ1) is 17.8. The van der Waals surface area contributed by atoms with Crippen LogP contribution in [0.5, 0.6) is 0 Å². The average Bonchev–Trinajstić information content (AvgIpc) is 2.50. The number of ether oxygens (including phenoxy) is 3. The Morgan fingerprint density at radius 3 is 1.48 bits per heavy atom. The van der Waals surface area contributed by atoms with Crippen molar-refractivity contribution in [1.82, 2.24) is 0 Å². The highest BCUT2D eigenvalue weighted by atomic mass is 16.5. The molecule has 0 radical (unpaired) electrons. The lowest BCUT2D eigenvalue weighted by Crippen LogP contribution is -2.55. The number of rotatable bonds is 3. The smallest absolute Gasteiger partial charge is 0.311 e. The van der Waals surface area contributed by atoms with Gasteiger partial charge in [0.2, 0.25) is 0 Å². The van der Waals surface area contributed by atoms with Gasteiger partial charge >= 0.3 is 17.9 Å². The molecule has 6 heteroatoms. The second-order valence-corrected chi connectivity index (χ2v) is 7.71. The van der Waals surface area contributed by atoms with E-state index in [0.29, 0.717) is 32.1 Å². The van der Waals surface area contributed by atoms with Gasteiger partial charge in [-0.3, -0.25) is 14.4 Å². The topological polar surface area (TPSA) is 78.9 Å². The lowest BCUT2D eigenvalue weighted by molar-refractivity contribution is -0.184. The number of esters is 3. The van der Waals surface area contributed by atoms with Gasteiger partial charge in [-0.1, -0.05) is 0 Å². The van der Waals surface area contributed by atoms with Crippen LogP contribution in [0.1, 0.15) is 46.0 Å². The van der Waals surface area contributed by atoms with Crippen LogP contribution in [0.2, 0.25) is 0 Å². The number of methoxy groups -OCH3 is 3. The normalized spacial score (nSPS) is 39.3. The molecule has 2 rings (SSSR count). The summed E-state index contributed by atoms with van der Waals surface area (Å²) in [5.41, 5.74) is -2.31. The average molecular weight is 326 g/mol. The van der Waals surface area contributed by atoms with E-state index >= 15 is 0 Å². The quantitative estimate of drug-likeness (QED) is 0.584. The van der Waals surface area contributed by atoms with E-state index in [1.54, 1.807) is 0 Å². The van der Waals surface area contributed by atoms with Gasteiger partial charge in [0.1, 0.15) is 0 Å². The predicted molar refractivity (Wildman–Crippen MR) is 81.3 cm³/mol. The van der Waals surface area contributed by atoms with E-state index < -0.39 is 16.2 Å². The molecule has 2 aliphatic carbocycles. The monoisotopic (exact) mass is 326 g/mol. The van der Waals surface area contributed by atoms with Crippen molar-refractivity contribution in [2.45, 2.75) is 46.0 Å². The summed E-state index contributed by atoms with van der Waals surface area (Å²) in [7, 11) is 4.07. The molecule has 6 nitrogen and oxygen atoms in total. The molecule has 0 saturated heterocycles. The highest BCUT2D eigenvalue weighted by molar-refractivity contribution is 5.84. The molecule has 2 unspecified atom stereocenters. The van der Waals surface area contributed by atoms with E-state index in [1.807, 2.05) is 13.8 Å². The molecule has 0 aliphatic heterocycles.